The van der Waals surface area contributed by atoms with E-state index in [2.05, 4.69) is 21.3 Å². The number of hydrogen-bond acceptors (Lipinski definition) is 22. The highest BCUT2D eigenvalue weighted by Crippen LogP contribution is 2.36. The third-order valence-corrected chi connectivity index (χ3v) is 21.0. The van der Waals surface area contributed by atoms with Gasteiger partial charge in [-0.1, -0.05) is 105 Å². The standard InChI is InChI=1S/C78H118N8O23/c1-13-47(6)68(60(106-12)42-66(95)85-37-22-26-56(85)53(43-87)49(8)57(88)39-48(7)69(96)51-23-16-14-17-24-51)83(9)75(101)52(45(2)3)41-58(89)67(46(4)5)84(10)78(104)107-44-50-28-29-59(108-77-72(99)70(97)71(98)73(109-77)76(102)103)55(40-50)82-63(92)32-35-80-74(100)54(25-19-20-34-79-61(90)33-38-105-11)81-62(91)27-18-15-21-36-86-64(93)30-31-65(86)94/h14,16-17,23-24,28-31,40,45-49,52-54,56,60,67-73,77,87,96-99H,13,15,18-22,25-27,32-39,41-44H2,1-12H3,(H,79,90)(H,80,100)(H,81,91)(H,82,92)(H,102,103)/t47-,48-,49+,52-,53+,54-,56-,60+,67-,68-,69+,70-,71-,72+,73-,77+/m0/s1. The molecule has 2 aromatic carbocycles. The molecule has 0 aliphatic carbocycles. The number of ether oxygens (including phenoxy) is 5. The van der Waals surface area contributed by atoms with E-state index in [1.54, 1.807) is 70.5 Å². The number of benzene rings is 2. The zero-order valence-electron chi connectivity index (χ0n) is 65.1. The molecular weight excluding hydrogens is 1420 g/mol. The Morgan fingerprint density at radius 2 is 1.41 bits per heavy atom. The fraction of sp³-hybridized carbons (Fsp3) is 0.667. The van der Waals surface area contributed by atoms with E-state index in [9.17, 15) is 83.4 Å². The molecule has 3 heterocycles. The van der Waals surface area contributed by atoms with E-state index in [0.717, 1.165) is 9.80 Å². The van der Waals surface area contributed by atoms with Gasteiger partial charge in [0.2, 0.25) is 41.7 Å². The number of nitrogens with one attached hydrogen (secondary N) is 4. The maximum atomic E-state index is 15.0. The number of carbonyl (C=O) groups excluding carboxylic acids is 11. The smallest absolute Gasteiger partial charge is 0.410 e. The van der Waals surface area contributed by atoms with Gasteiger partial charge in [0.25, 0.3) is 11.8 Å². The minimum absolute atomic E-state index is 0.0135. The van der Waals surface area contributed by atoms with Crippen LogP contribution in [0, 0.1) is 41.4 Å². The Labute approximate surface area is 638 Å². The first-order valence-corrected chi connectivity index (χ1v) is 38.0. The molecule has 16 atom stereocenters. The van der Waals surface area contributed by atoms with Crippen LogP contribution in [-0.2, 0) is 78.3 Å². The van der Waals surface area contributed by atoms with Crippen LogP contribution >= 0.6 is 0 Å². The van der Waals surface area contributed by atoms with Gasteiger partial charge in [0.1, 0.15) is 42.5 Å². The number of carboxylic acids is 1. The second kappa shape index (κ2) is 45.1. The Kier molecular flexibility index (Phi) is 37.8. The van der Waals surface area contributed by atoms with E-state index in [4.69, 9.17) is 23.7 Å². The number of aliphatic hydroxyl groups is 5. The number of carbonyl (C=O) groups is 12. The monoisotopic (exact) mass is 1530 g/mol. The third kappa shape index (κ3) is 26.7. The summed E-state index contributed by atoms with van der Waals surface area (Å²) < 4.78 is 28.1. The zero-order chi connectivity index (χ0) is 80.9. The fourth-order valence-electron chi connectivity index (χ4n) is 14.3. The van der Waals surface area contributed by atoms with Crippen LogP contribution in [0.3, 0.4) is 0 Å². The highest BCUT2D eigenvalue weighted by Gasteiger charge is 2.49. The lowest BCUT2D eigenvalue weighted by Gasteiger charge is -2.41. The number of amides is 9. The number of imide groups is 1. The van der Waals surface area contributed by atoms with Crippen LogP contribution in [0.4, 0.5) is 10.5 Å². The molecule has 0 aromatic heterocycles. The summed E-state index contributed by atoms with van der Waals surface area (Å²) in [7, 11) is 5.94. The summed E-state index contributed by atoms with van der Waals surface area (Å²) in [5.74, 6) is -9.80. The minimum Gasteiger partial charge on any atom is -0.479 e. The number of Topliss-reactive ketones (excluding diaryl/α,β-unsaturated/α-hetero) is 2. The second-order valence-corrected chi connectivity index (χ2v) is 29.6. The number of anilines is 1. The van der Waals surface area contributed by atoms with Crippen molar-refractivity contribution in [3.63, 3.8) is 0 Å². The van der Waals surface area contributed by atoms with Crippen LogP contribution in [0.5, 0.6) is 5.75 Å². The van der Waals surface area contributed by atoms with Gasteiger partial charge >= 0.3 is 12.1 Å². The number of likely N-dealkylation sites (tertiary alicyclic amines) is 1. The predicted octanol–water partition coefficient (Wildman–Crippen LogP) is 4.36. The molecule has 31 nitrogen and oxygen atoms in total. The van der Waals surface area contributed by atoms with Crippen LogP contribution in [0.25, 0.3) is 0 Å². The highest BCUT2D eigenvalue weighted by molar-refractivity contribution is 6.12. The summed E-state index contributed by atoms with van der Waals surface area (Å²) in [6.45, 7) is 14.5. The van der Waals surface area contributed by atoms with E-state index in [1.807, 2.05) is 32.0 Å². The summed E-state index contributed by atoms with van der Waals surface area (Å²) in [4.78, 5) is 167. The zero-order valence-corrected chi connectivity index (χ0v) is 65.1. The van der Waals surface area contributed by atoms with Gasteiger partial charge in [-0.05, 0) is 91.9 Å². The normalized spacial score (nSPS) is 20.6. The molecule has 2 fully saturated rings. The lowest BCUT2D eigenvalue weighted by molar-refractivity contribution is -0.271. The van der Waals surface area contributed by atoms with Crippen molar-refractivity contribution >= 4 is 76.6 Å². The van der Waals surface area contributed by atoms with Crippen molar-refractivity contribution < 1.29 is 112 Å². The summed E-state index contributed by atoms with van der Waals surface area (Å²) >= 11 is 0. The van der Waals surface area contributed by atoms with E-state index >= 15 is 4.79 Å². The molecule has 10 N–H and O–H groups in total. The van der Waals surface area contributed by atoms with E-state index in [1.165, 1.54) is 51.6 Å². The number of methoxy groups -OCH3 is 2. The van der Waals surface area contributed by atoms with Crippen molar-refractivity contribution in [2.24, 2.45) is 41.4 Å². The minimum atomic E-state index is -2.07. The number of aliphatic carboxylic acids is 1. The molecule has 109 heavy (non-hydrogen) atoms. The van der Waals surface area contributed by atoms with Crippen LogP contribution in [-0.4, -0.2) is 250 Å². The number of ketones is 2. The van der Waals surface area contributed by atoms with Crippen molar-refractivity contribution in [1.82, 2.24) is 35.6 Å². The summed E-state index contributed by atoms with van der Waals surface area (Å²) in [5, 5.41) is 74.3. The van der Waals surface area contributed by atoms with Gasteiger partial charge in [-0.3, -0.25) is 52.8 Å². The van der Waals surface area contributed by atoms with Crippen molar-refractivity contribution in [1.29, 1.82) is 0 Å². The molecule has 3 aliphatic rings. The Hall–Kier alpha value is -8.30. The van der Waals surface area contributed by atoms with E-state index in [-0.39, 0.29) is 112 Å². The fourth-order valence-corrected chi connectivity index (χ4v) is 14.3. The van der Waals surface area contributed by atoms with Crippen molar-refractivity contribution in [3.8, 4) is 5.75 Å². The molecule has 0 radical (unpaired) electrons. The lowest BCUT2D eigenvalue weighted by Crippen LogP contribution is -2.61. The molecule has 3 aliphatic heterocycles. The number of hydrogen-bond donors (Lipinski definition) is 10. The number of nitrogens with zero attached hydrogens (tertiary/aromatic N) is 4. The summed E-state index contributed by atoms with van der Waals surface area (Å²) in [6, 6.07) is 9.70. The van der Waals surface area contributed by atoms with Gasteiger partial charge in [-0.25, -0.2) is 9.59 Å². The number of aliphatic hydroxyl groups excluding tert-OH is 5. The van der Waals surface area contributed by atoms with Gasteiger partial charge in [-0.2, -0.15) is 0 Å². The average molecular weight is 1540 g/mol. The molecule has 2 saturated heterocycles. The maximum absolute atomic E-state index is 15.0. The van der Waals surface area contributed by atoms with Gasteiger partial charge in [-0.15, -0.1) is 0 Å². The predicted molar refractivity (Wildman–Crippen MR) is 398 cm³/mol. The Balaban J connectivity index is 1.27. The number of likely N-dealkylation sites (N-methyl/N-ethyl adjacent to an activating group) is 2. The van der Waals surface area contributed by atoms with Gasteiger partial charge in [0.15, 0.2) is 11.9 Å². The van der Waals surface area contributed by atoms with Crippen LogP contribution < -0.4 is 26.0 Å². The van der Waals surface area contributed by atoms with Crippen molar-refractivity contribution in [3.05, 3.63) is 71.8 Å². The first kappa shape index (κ1) is 91.3. The number of unbranched alkanes of at least 4 members (excludes halogenated alkanes) is 3. The molecule has 5 rings (SSSR count). The molecule has 0 saturated carbocycles. The van der Waals surface area contributed by atoms with Gasteiger partial charge in [0, 0.05) is 129 Å². The van der Waals surface area contributed by atoms with Crippen LogP contribution in [0.2, 0.25) is 0 Å². The molecule has 0 spiro atoms. The van der Waals surface area contributed by atoms with E-state index < -0.39 is 169 Å². The third-order valence-electron chi connectivity index (χ3n) is 21.0. The molecule has 9 amide bonds. The van der Waals surface area contributed by atoms with Crippen molar-refractivity contribution in [2.75, 3.05) is 73.0 Å². The Bertz CT molecular complexity index is 3380. The Morgan fingerprint density at radius 3 is 2.04 bits per heavy atom. The largest absolute Gasteiger partial charge is 0.479 e. The number of rotatable bonds is 47. The average Bonchev–Trinajstić information content (AvgIpc) is 1.01. The lowest BCUT2D eigenvalue weighted by atomic mass is 9.80. The van der Waals surface area contributed by atoms with Gasteiger partial charge < -0.3 is 90.3 Å². The molecule has 2 aromatic rings. The van der Waals surface area contributed by atoms with Crippen LogP contribution in [0.1, 0.15) is 169 Å². The SMILES string of the molecule is CC[C@H](C)[C@@H]([C@@H](CC(=O)N1CCC[C@H]1[C@H](CO)[C@@H](C)C(=O)C[C@H](C)[C@@H](O)c1ccccc1)OC)N(C)C(=O)[C@@H](CC(=O)[C@H](C(C)C)N(C)C(=O)OCc1ccc(O[C@@H]2O[C@H](C(=O)O)[C@@H](O)[C@H](O)[C@H]2O)c(NC(=O)CCNC(=O)[C@H](CCCCNC(=O)CCOC)NC(=O)CCCCCN2C(=O)C=CC2=O)c1)C(C)C. The van der Waals surface area contributed by atoms with E-state index in [0.29, 0.717) is 63.5 Å². The first-order chi connectivity index (χ1) is 51.7. The quantitative estimate of drug-likeness (QED) is 0.0325. The maximum Gasteiger partial charge on any atom is 0.410 e. The summed E-state index contributed by atoms with van der Waals surface area (Å²) in [5.41, 5.74) is 0.724. The first-order valence-electron chi connectivity index (χ1n) is 38.0. The number of carboxylic acid groups (broad SMARTS) is 1. The topological polar surface area (TPSA) is 433 Å². The molecule has 0 unspecified atom stereocenters. The van der Waals surface area contributed by atoms with Crippen LogP contribution in [0.15, 0.2) is 60.7 Å². The van der Waals surface area contributed by atoms with Gasteiger partial charge in [0.05, 0.1) is 43.0 Å². The molecule has 0 bridgehead atoms. The molecular formula is C78H118N8O23. The Morgan fingerprint density at radius 1 is 0.725 bits per heavy atom. The summed E-state index contributed by atoms with van der Waals surface area (Å²) in [6.07, 6.45) is -6.99. The van der Waals surface area contributed by atoms with Crippen molar-refractivity contribution in [2.45, 2.75) is 225 Å². The second-order valence-electron chi connectivity index (χ2n) is 29.6. The highest BCUT2D eigenvalue weighted by atomic mass is 16.7. The molecule has 31 heteroatoms. The molecule has 608 valence electrons.